The van der Waals surface area contributed by atoms with Crippen LogP contribution in [0.5, 0.6) is 0 Å². The fraction of sp³-hybridized carbons (Fsp3) is 1.00. The molecule has 0 aromatic heterocycles. The molecule has 2 saturated heterocycles. The van der Waals surface area contributed by atoms with Crippen molar-refractivity contribution in [3.05, 3.63) is 0 Å². The average Bonchev–Trinajstić information content (AvgIpc) is 2.40. The third kappa shape index (κ3) is 1.50. The summed E-state index contributed by atoms with van der Waals surface area (Å²) < 4.78 is 0. The van der Waals surface area contributed by atoms with Gasteiger partial charge in [-0.1, -0.05) is 6.92 Å². The predicted molar refractivity (Wildman–Crippen MR) is 73.7 cm³/mol. The first-order chi connectivity index (χ1) is 9.14. The molecule has 108 valence electrons. The zero-order chi connectivity index (χ0) is 13.2. The van der Waals surface area contributed by atoms with Crippen molar-refractivity contribution in [3.8, 4) is 0 Å². The van der Waals surface area contributed by atoms with Gasteiger partial charge in [-0.3, -0.25) is 4.90 Å². The van der Waals surface area contributed by atoms with E-state index >= 15 is 0 Å². The minimum atomic E-state index is -0.477. The van der Waals surface area contributed by atoms with E-state index in [4.69, 9.17) is 0 Å². The Morgan fingerprint density at radius 1 is 1.00 bits per heavy atom. The second-order valence-electron chi connectivity index (χ2n) is 7.67. The van der Waals surface area contributed by atoms with Gasteiger partial charge in [0.15, 0.2) is 0 Å². The van der Waals surface area contributed by atoms with Crippen LogP contribution in [0.15, 0.2) is 0 Å². The molecule has 0 amide bonds. The number of nitrogens with zero attached hydrogens (tertiary/aromatic N) is 1. The van der Waals surface area contributed by atoms with E-state index in [0.717, 1.165) is 12.8 Å². The Hall–Kier alpha value is -0.120. The number of aliphatic hydroxyl groups excluding tert-OH is 2. The molecule has 4 rings (SSSR count). The highest BCUT2D eigenvalue weighted by Crippen LogP contribution is 2.60. The molecule has 1 spiro atoms. The van der Waals surface area contributed by atoms with Crippen molar-refractivity contribution in [1.29, 1.82) is 0 Å². The van der Waals surface area contributed by atoms with E-state index in [1.54, 1.807) is 0 Å². The van der Waals surface area contributed by atoms with Gasteiger partial charge in [-0.2, -0.15) is 0 Å². The van der Waals surface area contributed by atoms with Crippen LogP contribution in [0.25, 0.3) is 0 Å². The second kappa shape index (κ2) is 4.19. The molecule has 2 saturated carbocycles. The van der Waals surface area contributed by atoms with Crippen LogP contribution >= 0.6 is 0 Å². The fourth-order valence-corrected chi connectivity index (χ4v) is 6.40. The molecule has 2 heterocycles. The number of piperidine rings is 2. The highest BCUT2D eigenvalue weighted by molar-refractivity contribution is 5.17. The number of rotatable bonds is 0. The predicted octanol–water partition coefficient (Wildman–Crippen LogP) is 1.63. The van der Waals surface area contributed by atoms with Crippen molar-refractivity contribution < 1.29 is 10.2 Å². The molecule has 0 aromatic carbocycles. The molecular formula is C16H27NO2. The smallest absolute Gasteiger partial charge is 0.0847 e. The molecule has 2 bridgehead atoms. The van der Waals surface area contributed by atoms with E-state index in [-0.39, 0.29) is 5.54 Å². The first-order valence-electron chi connectivity index (χ1n) is 8.26. The zero-order valence-electron chi connectivity index (χ0n) is 12.0. The summed E-state index contributed by atoms with van der Waals surface area (Å²) in [5, 5.41) is 21.2. The number of hydrogen-bond acceptors (Lipinski definition) is 3. The standard InChI is InChI=1S/C16H27NO2/c1-10-8-11-12-4-2-6-17-7-3-5-13(15(19)14(11)18)16(12,17)9-10/h10-15,18-19H,2-9H2,1H3. The maximum Gasteiger partial charge on any atom is 0.0847 e. The van der Waals surface area contributed by atoms with Crippen LogP contribution in [-0.4, -0.2) is 45.9 Å². The first-order valence-corrected chi connectivity index (χ1v) is 8.26. The molecule has 3 nitrogen and oxygen atoms in total. The lowest BCUT2D eigenvalue weighted by molar-refractivity contribution is -0.234. The molecule has 2 aliphatic carbocycles. The minimum Gasteiger partial charge on any atom is -0.390 e. The molecule has 7 unspecified atom stereocenters. The largest absolute Gasteiger partial charge is 0.390 e. The van der Waals surface area contributed by atoms with Gasteiger partial charge in [0.25, 0.3) is 0 Å². The molecule has 2 N–H and O–H groups in total. The van der Waals surface area contributed by atoms with Gasteiger partial charge in [0, 0.05) is 11.5 Å². The molecule has 3 heteroatoms. The van der Waals surface area contributed by atoms with Crippen LogP contribution in [0.4, 0.5) is 0 Å². The third-order valence-electron chi connectivity index (χ3n) is 6.83. The zero-order valence-corrected chi connectivity index (χ0v) is 12.0. The fourth-order valence-electron chi connectivity index (χ4n) is 6.40. The molecule has 2 aliphatic heterocycles. The van der Waals surface area contributed by atoms with E-state index in [1.165, 1.54) is 38.8 Å². The summed E-state index contributed by atoms with van der Waals surface area (Å²) in [6.45, 7) is 4.78. The van der Waals surface area contributed by atoms with Crippen molar-refractivity contribution in [2.75, 3.05) is 13.1 Å². The maximum absolute atomic E-state index is 10.6. The van der Waals surface area contributed by atoms with Crippen LogP contribution < -0.4 is 0 Å². The van der Waals surface area contributed by atoms with Crippen LogP contribution in [0.2, 0.25) is 0 Å². The number of aliphatic hydroxyl groups is 2. The molecule has 0 aromatic rings. The van der Waals surface area contributed by atoms with E-state index in [2.05, 4.69) is 11.8 Å². The van der Waals surface area contributed by atoms with Gasteiger partial charge in [-0.05, 0) is 69.4 Å². The lowest BCUT2D eigenvalue weighted by atomic mass is 9.47. The summed E-state index contributed by atoms with van der Waals surface area (Å²) in [6, 6.07) is 0. The molecule has 7 atom stereocenters. The summed E-state index contributed by atoms with van der Waals surface area (Å²) in [7, 11) is 0. The Kier molecular flexibility index (Phi) is 2.78. The van der Waals surface area contributed by atoms with Crippen molar-refractivity contribution in [3.63, 3.8) is 0 Å². The van der Waals surface area contributed by atoms with Gasteiger partial charge in [-0.25, -0.2) is 0 Å². The number of hydrogen-bond donors (Lipinski definition) is 2. The SMILES string of the molecule is CC1CC2C(O)C(O)C3CCCN4CCCC2C34C1. The van der Waals surface area contributed by atoms with E-state index < -0.39 is 12.2 Å². The van der Waals surface area contributed by atoms with Crippen LogP contribution in [0.3, 0.4) is 0 Å². The highest BCUT2D eigenvalue weighted by atomic mass is 16.3. The summed E-state index contributed by atoms with van der Waals surface area (Å²) in [4.78, 5) is 2.72. The highest BCUT2D eigenvalue weighted by Gasteiger charge is 2.64. The van der Waals surface area contributed by atoms with Crippen LogP contribution in [0.1, 0.15) is 45.4 Å². The molecule has 19 heavy (non-hydrogen) atoms. The summed E-state index contributed by atoms with van der Waals surface area (Å²) in [6.07, 6.45) is 6.29. The quantitative estimate of drug-likeness (QED) is 0.699. The normalized spacial score (nSPS) is 57.6. The van der Waals surface area contributed by atoms with Crippen molar-refractivity contribution in [1.82, 2.24) is 4.90 Å². The summed E-state index contributed by atoms with van der Waals surface area (Å²) in [5.74, 6) is 2.00. The van der Waals surface area contributed by atoms with Crippen LogP contribution in [0, 0.1) is 23.7 Å². The van der Waals surface area contributed by atoms with E-state index in [1.807, 2.05) is 0 Å². The Bertz CT molecular complexity index is 360. The maximum atomic E-state index is 10.6. The van der Waals surface area contributed by atoms with Gasteiger partial charge < -0.3 is 10.2 Å². The Balaban J connectivity index is 1.82. The third-order valence-corrected chi connectivity index (χ3v) is 6.83. The van der Waals surface area contributed by atoms with Crippen molar-refractivity contribution >= 4 is 0 Å². The van der Waals surface area contributed by atoms with Crippen molar-refractivity contribution in [2.45, 2.75) is 63.2 Å². The lowest BCUT2D eigenvalue weighted by Crippen LogP contribution is -2.75. The van der Waals surface area contributed by atoms with Gasteiger partial charge in [0.05, 0.1) is 12.2 Å². The van der Waals surface area contributed by atoms with Crippen molar-refractivity contribution in [2.24, 2.45) is 23.7 Å². The Labute approximate surface area is 116 Å². The van der Waals surface area contributed by atoms with E-state index in [0.29, 0.717) is 23.7 Å². The summed E-state index contributed by atoms with van der Waals surface area (Å²) >= 11 is 0. The van der Waals surface area contributed by atoms with Gasteiger partial charge in [0.1, 0.15) is 0 Å². The Morgan fingerprint density at radius 2 is 1.68 bits per heavy atom. The van der Waals surface area contributed by atoms with Gasteiger partial charge in [-0.15, -0.1) is 0 Å². The molecule has 4 aliphatic rings. The Morgan fingerprint density at radius 3 is 2.42 bits per heavy atom. The summed E-state index contributed by atoms with van der Waals surface area (Å²) in [5.41, 5.74) is 0.234. The van der Waals surface area contributed by atoms with Gasteiger partial charge >= 0.3 is 0 Å². The molecule has 4 fully saturated rings. The topological polar surface area (TPSA) is 43.7 Å². The van der Waals surface area contributed by atoms with Crippen LogP contribution in [-0.2, 0) is 0 Å². The molecular weight excluding hydrogens is 238 g/mol. The first kappa shape index (κ1) is 12.6. The molecule has 0 radical (unpaired) electrons. The average molecular weight is 265 g/mol. The lowest BCUT2D eigenvalue weighted by Gasteiger charge is -2.68. The monoisotopic (exact) mass is 265 g/mol. The van der Waals surface area contributed by atoms with E-state index in [9.17, 15) is 10.2 Å². The van der Waals surface area contributed by atoms with Gasteiger partial charge in [0.2, 0.25) is 0 Å². The second-order valence-corrected chi connectivity index (χ2v) is 7.67. The minimum absolute atomic E-state index is 0.234.